The topological polar surface area (TPSA) is 68.3 Å². The molecule has 17 heavy (non-hydrogen) atoms. The van der Waals surface area contributed by atoms with Crippen molar-refractivity contribution in [2.45, 2.75) is 37.2 Å². The molecule has 0 aromatic carbocycles. The standard InChI is InChI=1S/C11H19N3O2S/c1-3-14(9-4-5-9)17(15,16)11-6-10(7-12)13(2)8-11/h6,8-9H,3-5,7,12H2,1-2H3. The van der Waals surface area contributed by atoms with Gasteiger partial charge in [-0.2, -0.15) is 4.31 Å². The van der Waals surface area contributed by atoms with Crippen molar-refractivity contribution in [3.63, 3.8) is 0 Å². The van der Waals surface area contributed by atoms with Gasteiger partial charge in [0.25, 0.3) is 0 Å². The molecule has 1 aliphatic rings. The van der Waals surface area contributed by atoms with E-state index in [0.717, 1.165) is 18.5 Å². The lowest BCUT2D eigenvalue weighted by Crippen LogP contribution is -2.32. The van der Waals surface area contributed by atoms with Gasteiger partial charge in [-0.1, -0.05) is 6.92 Å². The average molecular weight is 257 g/mol. The summed E-state index contributed by atoms with van der Waals surface area (Å²) >= 11 is 0. The lowest BCUT2D eigenvalue weighted by Gasteiger charge is -2.18. The Balaban J connectivity index is 2.36. The molecule has 2 N–H and O–H groups in total. The monoisotopic (exact) mass is 257 g/mol. The molecule has 1 aromatic heterocycles. The normalized spacial score (nSPS) is 16.7. The van der Waals surface area contributed by atoms with Crippen LogP contribution in [0.5, 0.6) is 0 Å². The van der Waals surface area contributed by atoms with Crippen LogP contribution in [-0.2, 0) is 23.6 Å². The smallest absolute Gasteiger partial charge is 0.244 e. The highest BCUT2D eigenvalue weighted by Crippen LogP contribution is 2.32. The second-order valence-electron chi connectivity index (χ2n) is 4.42. The minimum Gasteiger partial charge on any atom is -0.352 e. The third-order valence-corrected chi connectivity index (χ3v) is 5.16. The number of hydrogen-bond donors (Lipinski definition) is 1. The van der Waals surface area contributed by atoms with Crippen LogP contribution in [0.1, 0.15) is 25.5 Å². The molecule has 96 valence electrons. The van der Waals surface area contributed by atoms with Crippen molar-refractivity contribution >= 4 is 10.0 Å². The lowest BCUT2D eigenvalue weighted by molar-refractivity contribution is 0.421. The van der Waals surface area contributed by atoms with Gasteiger partial charge in [0, 0.05) is 38.1 Å². The van der Waals surface area contributed by atoms with E-state index in [0.29, 0.717) is 18.0 Å². The van der Waals surface area contributed by atoms with Crippen molar-refractivity contribution in [1.82, 2.24) is 8.87 Å². The van der Waals surface area contributed by atoms with Crippen LogP contribution in [-0.4, -0.2) is 29.9 Å². The van der Waals surface area contributed by atoms with E-state index < -0.39 is 10.0 Å². The van der Waals surface area contributed by atoms with Crippen LogP contribution in [0.25, 0.3) is 0 Å². The van der Waals surface area contributed by atoms with Crippen molar-refractivity contribution in [2.75, 3.05) is 6.54 Å². The molecule has 0 amide bonds. The fourth-order valence-corrected chi connectivity index (χ4v) is 3.83. The summed E-state index contributed by atoms with van der Waals surface area (Å²) in [6.07, 6.45) is 3.59. The first-order valence-electron chi connectivity index (χ1n) is 5.87. The first-order chi connectivity index (χ1) is 8.00. The van der Waals surface area contributed by atoms with Crippen LogP contribution in [0.3, 0.4) is 0 Å². The van der Waals surface area contributed by atoms with Crippen LogP contribution >= 0.6 is 0 Å². The second kappa shape index (κ2) is 4.44. The summed E-state index contributed by atoms with van der Waals surface area (Å²) in [5, 5.41) is 0. The number of aromatic nitrogens is 1. The van der Waals surface area contributed by atoms with Crippen LogP contribution in [0.15, 0.2) is 17.2 Å². The Hall–Kier alpha value is -0.850. The van der Waals surface area contributed by atoms with Gasteiger partial charge >= 0.3 is 0 Å². The van der Waals surface area contributed by atoms with Crippen LogP contribution in [0.4, 0.5) is 0 Å². The van der Waals surface area contributed by atoms with Crippen LogP contribution in [0.2, 0.25) is 0 Å². The first kappa shape index (κ1) is 12.6. The van der Waals surface area contributed by atoms with Crippen molar-refractivity contribution < 1.29 is 8.42 Å². The molecular formula is C11H19N3O2S. The Labute approximate surface area is 102 Å². The summed E-state index contributed by atoms with van der Waals surface area (Å²) in [6, 6.07) is 1.87. The van der Waals surface area contributed by atoms with Gasteiger partial charge < -0.3 is 10.3 Å². The van der Waals surface area contributed by atoms with Gasteiger partial charge in [0.15, 0.2) is 0 Å². The Morgan fingerprint density at radius 3 is 2.59 bits per heavy atom. The SMILES string of the molecule is CCN(C1CC1)S(=O)(=O)c1cc(CN)n(C)c1. The zero-order valence-electron chi connectivity index (χ0n) is 10.3. The number of sulfonamides is 1. The minimum absolute atomic E-state index is 0.200. The third kappa shape index (κ3) is 2.25. The summed E-state index contributed by atoms with van der Waals surface area (Å²) < 4.78 is 28.2. The molecule has 1 heterocycles. The molecule has 2 rings (SSSR count). The Bertz CT molecular complexity index is 503. The summed E-state index contributed by atoms with van der Waals surface area (Å²) in [7, 11) is -1.53. The number of hydrogen-bond acceptors (Lipinski definition) is 3. The van der Waals surface area contributed by atoms with Gasteiger partial charge in [-0.15, -0.1) is 0 Å². The highest BCUT2D eigenvalue weighted by molar-refractivity contribution is 7.89. The Morgan fingerprint density at radius 2 is 2.18 bits per heavy atom. The van der Waals surface area contributed by atoms with Gasteiger partial charge in [0.05, 0.1) is 0 Å². The molecule has 0 atom stereocenters. The predicted molar refractivity (Wildman–Crippen MR) is 65.9 cm³/mol. The van der Waals surface area contributed by atoms with Crippen molar-refractivity contribution in [3.05, 3.63) is 18.0 Å². The summed E-state index contributed by atoms with van der Waals surface area (Å²) in [6.45, 7) is 2.75. The molecule has 1 fully saturated rings. The summed E-state index contributed by atoms with van der Waals surface area (Å²) in [4.78, 5) is 0.356. The zero-order valence-corrected chi connectivity index (χ0v) is 11.1. The highest BCUT2D eigenvalue weighted by atomic mass is 32.2. The van der Waals surface area contributed by atoms with Gasteiger partial charge in [-0.25, -0.2) is 8.42 Å². The van der Waals surface area contributed by atoms with Gasteiger partial charge in [-0.3, -0.25) is 0 Å². The molecule has 0 radical (unpaired) electrons. The maximum atomic E-state index is 12.4. The second-order valence-corrected chi connectivity index (χ2v) is 6.31. The molecule has 0 spiro atoms. The molecule has 1 saturated carbocycles. The van der Waals surface area contributed by atoms with Gasteiger partial charge in [-0.05, 0) is 18.9 Å². The van der Waals surface area contributed by atoms with E-state index in [2.05, 4.69) is 0 Å². The first-order valence-corrected chi connectivity index (χ1v) is 7.31. The Morgan fingerprint density at radius 1 is 1.53 bits per heavy atom. The molecular weight excluding hydrogens is 238 g/mol. The van der Waals surface area contributed by atoms with E-state index in [9.17, 15) is 8.42 Å². The molecule has 0 bridgehead atoms. The van der Waals surface area contributed by atoms with E-state index in [1.54, 1.807) is 21.1 Å². The van der Waals surface area contributed by atoms with Crippen molar-refractivity contribution in [3.8, 4) is 0 Å². The zero-order chi connectivity index (χ0) is 12.6. The van der Waals surface area contributed by atoms with E-state index in [-0.39, 0.29) is 6.04 Å². The molecule has 1 aromatic rings. The van der Waals surface area contributed by atoms with Crippen molar-refractivity contribution in [1.29, 1.82) is 0 Å². The average Bonchev–Trinajstić information content (AvgIpc) is 3.01. The quantitative estimate of drug-likeness (QED) is 0.842. The van der Waals surface area contributed by atoms with Crippen LogP contribution in [0, 0.1) is 0 Å². The maximum Gasteiger partial charge on any atom is 0.244 e. The Kier molecular flexibility index (Phi) is 3.29. The molecule has 6 heteroatoms. The highest BCUT2D eigenvalue weighted by Gasteiger charge is 2.37. The van der Waals surface area contributed by atoms with Crippen LogP contribution < -0.4 is 5.73 Å². The molecule has 0 unspecified atom stereocenters. The number of nitrogens with zero attached hydrogens (tertiary/aromatic N) is 2. The predicted octanol–water partition coefficient (Wildman–Crippen LogP) is 0.657. The van der Waals surface area contributed by atoms with Gasteiger partial charge in [0.1, 0.15) is 4.90 Å². The molecule has 5 nitrogen and oxygen atoms in total. The summed E-state index contributed by atoms with van der Waals surface area (Å²) in [5.74, 6) is 0. The van der Waals surface area contributed by atoms with Crippen molar-refractivity contribution in [2.24, 2.45) is 12.8 Å². The summed E-state index contributed by atoms with van der Waals surface area (Å²) in [5.41, 5.74) is 6.39. The lowest BCUT2D eigenvalue weighted by atomic mass is 10.4. The molecule has 1 aliphatic carbocycles. The number of rotatable bonds is 5. The van der Waals surface area contributed by atoms with E-state index in [4.69, 9.17) is 5.73 Å². The largest absolute Gasteiger partial charge is 0.352 e. The third-order valence-electron chi connectivity index (χ3n) is 3.16. The number of aryl methyl sites for hydroxylation is 1. The van der Waals surface area contributed by atoms with E-state index >= 15 is 0 Å². The van der Waals surface area contributed by atoms with E-state index in [1.165, 1.54) is 0 Å². The van der Waals surface area contributed by atoms with E-state index in [1.807, 2.05) is 14.0 Å². The maximum absolute atomic E-state index is 12.4. The number of nitrogens with two attached hydrogens (primary N) is 1. The molecule has 0 aliphatic heterocycles. The minimum atomic E-state index is -3.34. The fourth-order valence-electron chi connectivity index (χ4n) is 2.04. The molecule has 0 saturated heterocycles. The fraction of sp³-hybridized carbons (Fsp3) is 0.636. The van der Waals surface area contributed by atoms with Gasteiger partial charge in [0.2, 0.25) is 10.0 Å².